The van der Waals surface area contributed by atoms with E-state index in [4.69, 9.17) is 5.73 Å². The van der Waals surface area contributed by atoms with E-state index < -0.39 is 0 Å². The highest BCUT2D eigenvalue weighted by molar-refractivity contribution is 9.10. The van der Waals surface area contributed by atoms with E-state index in [1.54, 1.807) is 0 Å². The van der Waals surface area contributed by atoms with Gasteiger partial charge < -0.3 is 10.6 Å². The summed E-state index contributed by atoms with van der Waals surface area (Å²) in [6.45, 7) is 2.41. The van der Waals surface area contributed by atoms with Gasteiger partial charge in [0, 0.05) is 23.8 Å². The van der Waals surface area contributed by atoms with E-state index in [1.165, 1.54) is 16.3 Å². The maximum absolute atomic E-state index is 5.71. The average Bonchev–Trinajstić information content (AvgIpc) is 2.59. The Kier molecular flexibility index (Phi) is 5.26. The summed E-state index contributed by atoms with van der Waals surface area (Å²) in [6.07, 6.45) is 2.79. The van der Waals surface area contributed by atoms with Crippen LogP contribution in [0.25, 0.3) is 10.8 Å². The molecule has 0 radical (unpaired) electrons. The van der Waals surface area contributed by atoms with Crippen LogP contribution < -0.4 is 10.6 Å². The lowest BCUT2D eigenvalue weighted by molar-refractivity contribution is 0.728. The minimum atomic E-state index is 0.683. The first-order valence-electron chi connectivity index (χ1n) is 7.81. The molecule has 2 aromatic carbocycles. The van der Waals surface area contributed by atoms with Crippen LogP contribution in [0.1, 0.15) is 12.0 Å². The van der Waals surface area contributed by atoms with Gasteiger partial charge in [-0.3, -0.25) is 0 Å². The summed E-state index contributed by atoms with van der Waals surface area (Å²) >= 11 is 3.45. The molecule has 3 aromatic rings. The highest BCUT2D eigenvalue weighted by atomic mass is 79.9. The summed E-state index contributed by atoms with van der Waals surface area (Å²) in [5.74, 6) is 0.981. The van der Waals surface area contributed by atoms with Gasteiger partial charge >= 0.3 is 0 Å². The molecule has 3 rings (SSSR count). The Morgan fingerprint density at radius 3 is 2.61 bits per heavy atom. The van der Waals surface area contributed by atoms with E-state index in [2.05, 4.69) is 68.3 Å². The summed E-state index contributed by atoms with van der Waals surface area (Å²) in [5.41, 5.74) is 7.02. The number of rotatable bonds is 6. The molecule has 0 saturated heterocycles. The van der Waals surface area contributed by atoms with Gasteiger partial charge in [0.2, 0.25) is 0 Å². The zero-order chi connectivity index (χ0) is 16.1. The third kappa shape index (κ3) is 3.89. The number of halogens is 1. The zero-order valence-electron chi connectivity index (χ0n) is 13.0. The van der Waals surface area contributed by atoms with Crippen molar-refractivity contribution in [3.8, 4) is 0 Å². The molecule has 1 aromatic heterocycles. The predicted molar refractivity (Wildman–Crippen MR) is 101 cm³/mol. The Morgan fingerprint density at radius 1 is 1.00 bits per heavy atom. The largest absolute Gasteiger partial charge is 0.352 e. The van der Waals surface area contributed by atoms with Gasteiger partial charge in [0.25, 0.3) is 0 Å². The molecule has 0 atom stereocenters. The maximum atomic E-state index is 5.71. The van der Waals surface area contributed by atoms with Crippen molar-refractivity contribution in [2.24, 2.45) is 5.73 Å². The SMILES string of the molecule is NCCCN(Cc1cccc2ccccc12)c1ccc(Br)cn1. The Balaban J connectivity index is 1.92. The van der Waals surface area contributed by atoms with Crippen molar-refractivity contribution >= 4 is 32.5 Å². The van der Waals surface area contributed by atoms with Crippen molar-refractivity contribution in [2.75, 3.05) is 18.0 Å². The van der Waals surface area contributed by atoms with Gasteiger partial charge in [-0.05, 0) is 57.4 Å². The molecule has 3 nitrogen and oxygen atoms in total. The standard InChI is InChI=1S/C19H20BrN3/c20-17-9-10-19(22-13-17)23(12-4-11-21)14-16-7-3-6-15-5-1-2-8-18(15)16/h1-3,5-10,13H,4,11-12,14,21H2. The molecule has 0 saturated carbocycles. The fraction of sp³-hybridized carbons (Fsp3) is 0.211. The molecule has 23 heavy (non-hydrogen) atoms. The molecule has 0 unspecified atom stereocenters. The predicted octanol–water partition coefficient (Wildman–Crippen LogP) is 4.35. The van der Waals surface area contributed by atoms with Crippen LogP contribution in [0.2, 0.25) is 0 Å². The number of nitrogens with two attached hydrogens (primary N) is 1. The lowest BCUT2D eigenvalue weighted by Gasteiger charge is -2.24. The number of hydrogen-bond acceptors (Lipinski definition) is 3. The number of aromatic nitrogens is 1. The highest BCUT2D eigenvalue weighted by Gasteiger charge is 2.10. The third-order valence-electron chi connectivity index (χ3n) is 3.91. The topological polar surface area (TPSA) is 42.1 Å². The van der Waals surface area contributed by atoms with Crippen LogP contribution in [0.4, 0.5) is 5.82 Å². The smallest absolute Gasteiger partial charge is 0.128 e. The Bertz CT molecular complexity index is 766. The van der Waals surface area contributed by atoms with E-state index in [9.17, 15) is 0 Å². The number of anilines is 1. The van der Waals surface area contributed by atoms with Gasteiger partial charge in [0.1, 0.15) is 5.82 Å². The van der Waals surface area contributed by atoms with Gasteiger partial charge in [-0.15, -0.1) is 0 Å². The summed E-state index contributed by atoms with van der Waals surface area (Å²) in [5, 5.41) is 2.57. The lowest BCUT2D eigenvalue weighted by Crippen LogP contribution is -2.26. The first-order chi connectivity index (χ1) is 11.3. The first-order valence-corrected chi connectivity index (χ1v) is 8.60. The number of benzene rings is 2. The van der Waals surface area contributed by atoms with Crippen LogP contribution in [-0.4, -0.2) is 18.1 Å². The second-order valence-electron chi connectivity index (χ2n) is 5.54. The van der Waals surface area contributed by atoms with Crippen LogP contribution >= 0.6 is 15.9 Å². The normalized spacial score (nSPS) is 10.9. The van der Waals surface area contributed by atoms with Crippen LogP contribution in [0.5, 0.6) is 0 Å². The molecule has 118 valence electrons. The van der Waals surface area contributed by atoms with Crippen molar-refractivity contribution in [3.05, 3.63) is 70.8 Å². The van der Waals surface area contributed by atoms with E-state index >= 15 is 0 Å². The van der Waals surface area contributed by atoms with Gasteiger partial charge in [0.05, 0.1) is 0 Å². The van der Waals surface area contributed by atoms with Crippen LogP contribution in [0.3, 0.4) is 0 Å². The number of fused-ring (bicyclic) bond motifs is 1. The van der Waals surface area contributed by atoms with E-state index in [0.717, 1.165) is 29.8 Å². The number of nitrogens with zero attached hydrogens (tertiary/aromatic N) is 2. The first kappa shape index (κ1) is 16.0. The van der Waals surface area contributed by atoms with Gasteiger partial charge in [-0.2, -0.15) is 0 Å². The molecule has 4 heteroatoms. The van der Waals surface area contributed by atoms with Crippen LogP contribution in [0, 0.1) is 0 Å². The number of pyridine rings is 1. The van der Waals surface area contributed by atoms with Crippen molar-refractivity contribution < 1.29 is 0 Å². The molecular formula is C19H20BrN3. The molecule has 2 N–H and O–H groups in total. The van der Waals surface area contributed by atoms with Crippen LogP contribution in [-0.2, 0) is 6.54 Å². The second-order valence-corrected chi connectivity index (χ2v) is 6.45. The molecule has 0 bridgehead atoms. The molecular weight excluding hydrogens is 350 g/mol. The van der Waals surface area contributed by atoms with Crippen molar-refractivity contribution in [1.82, 2.24) is 4.98 Å². The fourth-order valence-electron chi connectivity index (χ4n) is 2.75. The monoisotopic (exact) mass is 369 g/mol. The third-order valence-corrected chi connectivity index (χ3v) is 4.38. The summed E-state index contributed by atoms with van der Waals surface area (Å²) in [7, 11) is 0. The zero-order valence-corrected chi connectivity index (χ0v) is 14.5. The molecule has 0 spiro atoms. The van der Waals surface area contributed by atoms with Crippen LogP contribution in [0.15, 0.2) is 65.3 Å². The Labute approximate surface area is 145 Å². The van der Waals surface area contributed by atoms with E-state index in [1.807, 2.05) is 18.3 Å². The van der Waals surface area contributed by atoms with E-state index in [-0.39, 0.29) is 0 Å². The molecule has 0 fully saturated rings. The van der Waals surface area contributed by atoms with Gasteiger partial charge in [-0.25, -0.2) is 4.98 Å². The lowest BCUT2D eigenvalue weighted by atomic mass is 10.0. The second kappa shape index (κ2) is 7.57. The average molecular weight is 370 g/mol. The molecule has 0 aliphatic heterocycles. The van der Waals surface area contributed by atoms with Gasteiger partial charge in [0.15, 0.2) is 0 Å². The van der Waals surface area contributed by atoms with Crippen molar-refractivity contribution in [1.29, 1.82) is 0 Å². The fourth-order valence-corrected chi connectivity index (χ4v) is 2.98. The van der Waals surface area contributed by atoms with Crippen molar-refractivity contribution in [2.45, 2.75) is 13.0 Å². The molecule has 0 aliphatic rings. The summed E-state index contributed by atoms with van der Waals surface area (Å²) in [6, 6.07) is 19.0. The summed E-state index contributed by atoms with van der Waals surface area (Å²) in [4.78, 5) is 6.84. The van der Waals surface area contributed by atoms with Gasteiger partial charge in [-0.1, -0.05) is 42.5 Å². The quantitative estimate of drug-likeness (QED) is 0.701. The van der Waals surface area contributed by atoms with Crippen molar-refractivity contribution in [3.63, 3.8) is 0 Å². The Hall–Kier alpha value is -1.91. The minimum Gasteiger partial charge on any atom is -0.352 e. The summed E-state index contributed by atoms with van der Waals surface area (Å²) < 4.78 is 0.991. The minimum absolute atomic E-state index is 0.683. The number of hydrogen-bond donors (Lipinski definition) is 1. The Morgan fingerprint density at radius 2 is 1.83 bits per heavy atom. The highest BCUT2D eigenvalue weighted by Crippen LogP contribution is 2.23. The maximum Gasteiger partial charge on any atom is 0.128 e. The molecule has 1 heterocycles. The molecule has 0 aliphatic carbocycles. The molecule has 0 amide bonds. The van der Waals surface area contributed by atoms with E-state index in [0.29, 0.717) is 6.54 Å².